The molecule has 4 rings (SSSR count). The van der Waals surface area contributed by atoms with Crippen LogP contribution in [0.2, 0.25) is 0 Å². The molecule has 0 spiro atoms. The van der Waals surface area contributed by atoms with E-state index in [2.05, 4.69) is 10.4 Å². The topological polar surface area (TPSA) is 65.4 Å². The number of aromatic nitrogens is 2. The minimum atomic E-state index is -0.0274. The van der Waals surface area contributed by atoms with Crippen LogP contribution in [0.15, 0.2) is 48.5 Å². The van der Waals surface area contributed by atoms with Crippen molar-refractivity contribution in [3.05, 3.63) is 65.5 Å². The second-order valence-electron chi connectivity index (χ2n) is 6.92. The molecule has 0 aliphatic carbocycles. The predicted molar refractivity (Wildman–Crippen MR) is 107 cm³/mol. The number of amides is 1. The number of benzene rings is 2. The molecule has 6 nitrogen and oxygen atoms in total. The Bertz CT molecular complexity index is 1010. The molecule has 0 fully saturated rings. The van der Waals surface area contributed by atoms with Crippen molar-refractivity contribution in [3.8, 4) is 17.2 Å². The Morgan fingerprint density at radius 1 is 1.07 bits per heavy atom. The molecule has 0 atom stereocenters. The van der Waals surface area contributed by atoms with Gasteiger partial charge in [-0.25, -0.2) is 4.68 Å². The van der Waals surface area contributed by atoms with E-state index in [1.807, 2.05) is 67.1 Å². The second-order valence-corrected chi connectivity index (χ2v) is 6.92. The Morgan fingerprint density at radius 2 is 1.89 bits per heavy atom. The van der Waals surface area contributed by atoms with Gasteiger partial charge in [0.1, 0.15) is 13.2 Å². The summed E-state index contributed by atoms with van der Waals surface area (Å²) in [6.07, 6.45) is 1.03. The van der Waals surface area contributed by atoms with Gasteiger partial charge >= 0.3 is 0 Å². The third-order valence-electron chi connectivity index (χ3n) is 4.63. The first-order chi connectivity index (χ1) is 13.6. The average Bonchev–Trinajstić information content (AvgIpc) is 3.04. The number of aryl methyl sites for hydroxylation is 3. The van der Waals surface area contributed by atoms with E-state index in [1.165, 1.54) is 0 Å². The van der Waals surface area contributed by atoms with E-state index < -0.39 is 0 Å². The highest BCUT2D eigenvalue weighted by molar-refractivity contribution is 5.91. The minimum absolute atomic E-state index is 0.0274. The summed E-state index contributed by atoms with van der Waals surface area (Å²) < 4.78 is 13.0. The minimum Gasteiger partial charge on any atom is -0.486 e. The van der Waals surface area contributed by atoms with E-state index in [1.54, 1.807) is 0 Å². The van der Waals surface area contributed by atoms with Crippen molar-refractivity contribution in [1.82, 2.24) is 9.78 Å². The summed E-state index contributed by atoms with van der Waals surface area (Å²) >= 11 is 0. The van der Waals surface area contributed by atoms with Gasteiger partial charge < -0.3 is 14.8 Å². The van der Waals surface area contributed by atoms with Gasteiger partial charge in [-0.1, -0.05) is 12.1 Å². The lowest BCUT2D eigenvalue weighted by Crippen LogP contribution is -2.16. The predicted octanol–water partition coefficient (Wildman–Crippen LogP) is 3.83. The van der Waals surface area contributed by atoms with E-state index in [9.17, 15) is 4.79 Å². The second kappa shape index (κ2) is 7.76. The zero-order valence-electron chi connectivity index (χ0n) is 16.1. The molecule has 0 saturated heterocycles. The van der Waals surface area contributed by atoms with Crippen LogP contribution in [0.3, 0.4) is 0 Å². The number of anilines is 1. The van der Waals surface area contributed by atoms with E-state index in [-0.39, 0.29) is 5.91 Å². The Labute approximate surface area is 164 Å². The smallest absolute Gasteiger partial charge is 0.224 e. The fourth-order valence-corrected chi connectivity index (χ4v) is 3.33. The summed E-state index contributed by atoms with van der Waals surface area (Å²) in [5, 5.41) is 7.47. The number of fused-ring (bicyclic) bond motifs is 1. The zero-order valence-corrected chi connectivity index (χ0v) is 16.1. The average molecular weight is 377 g/mol. The molecule has 2 aromatic carbocycles. The summed E-state index contributed by atoms with van der Waals surface area (Å²) in [5.41, 5.74) is 4.76. The van der Waals surface area contributed by atoms with Crippen LogP contribution in [0.25, 0.3) is 5.69 Å². The van der Waals surface area contributed by atoms with Gasteiger partial charge in [0.15, 0.2) is 11.5 Å². The number of rotatable bonds is 5. The number of hydrogen-bond acceptors (Lipinski definition) is 4. The first-order valence-corrected chi connectivity index (χ1v) is 9.40. The van der Waals surface area contributed by atoms with Crippen molar-refractivity contribution >= 4 is 11.6 Å². The van der Waals surface area contributed by atoms with E-state index >= 15 is 0 Å². The molecule has 1 aliphatic heterocycles. The summed E-state index contributed by atoms with van der Waals surface area (Å²) in [6.45, 7) is 5.11. The van der Waals surface area contributed by atoms with Crippen LogP contribution in [0.1, 0.15) is 23.4 Å². The molecular weight excluding hydrogens is 354 g/mol. The Hall–Kier alpha value is -3.28. The maximum absolute atomic E-state index is 12.4. The molecule has 3 aromatic rings. The summed E-state index contributed by atoms with van der Waals surface area (Å²) in [7, 11) is 0. The summed E-state index contributed by atoms with van der Waals surface area (Å²) in [6, 6.07) is 15.6. The van der Waals surface area contributed by atoms with Crippen LogP contribution in [0, 0.1) is 13.8 Å². The van der Waals surface area contributed by atoms with Gasteiger partial charge in [0.05, 0.1) is 11.4 Å². The molecule has 0 unspecified atom stereocenters. The van der Waals surface area contributed by atoms with Crippen molar-refractivity contribution in [2.75, 3.05) is 18.5 Å². The fourth-order valence-electron chi connectivity index (χ4n) is 3.33. The molecule has 0 bridgehead atoms. The first-order valence-electron chi connectivity index (χ1n) is 9.40. The zero-order chi connectivity index (χ0) is 19.5. The third kappa shape index (κ3) is 4.01. The first kappa shape index (κ1) is 18.1. The van der Waals surface area contributed by atoms with Gasteiger partial charge in [0, 0.05) is 17.8 Å². The molecule has 28 heavy (non-hydrogen) atoms. The lowest BCUT2D eigenvalue weighted by Gasteiger charge is -2.18. The maximum Gasteiger partial charge on any atom is 0.224 e. The largest absolute Gasteiger partial charge is 0.486 e. The third-order valence-corrected chi connectivity index (χ3v) is 4.63. The quantitative estimate of drug-likeness (QED) is 0.734. The molecule has 1 aromatic heterocycles. The Balaban J connectivity index is 1.39. The Morgan fingerprint density at radius 3 is 2.68 bits per heavy atom. The van der Waals surface area contributed by atoms with E-state index in [0.29, 0.717) is 26.1 Å². The molecule has 144 valence electrons. The van der Waals surface area contributed by atoms with Crippen molar-refractivity contribution in [1.29, 1.82) is 0 Å². The molecule has 0 saturated carbocycles. The van der Waals surface area contributed by atoms with Crippen LogP contribution in [-0.2, 0) is 11.2 Å². The summed E-state index contributed by atoms with van der Waals surface area (Å²) in [5.74, 6) is 1.49. The molecule has 6 heteroatoms. The number of carbonyl (C=O) groups is 1. The van der Waals surface area contributed by atoms with Crippen molar-refractivity contribution in [2.45, 2.75) is 26.7 Å². The van der Waals surface area contributed by atoms with Gasteiger partial charge in [0.25, 0.3) is 0 Å². The van der Waals surface area contributed by atoms with Gasteiger partial charge in [-0.05, 0) is 62.2 Å². The van der Waals surface area contributed by atoms with Crippen LogP contribution in [0.4, 0.5) is 5.69 Å². The standard InChI is InChI=1S/C22H23N3O3/c1-15-12-16(2)25(24-15)19-5-3-4-18(14-19)23-22(26)9-7-17-6-8-20-21(13-17)28-11-10-27-20/h3-6,8,12-14H,7,9-11H2,1-2H3,(H,23,26). The van der Waals surface area contributed by atoms with Gasteiger partial charge in [0.2, 0.25) is 5.91 Å². The van der Waals surface area contributed by atoms with Crippen LogP contribution in [-0.4, -0.2) is 28.9 Å². The lowest BCUT2D eigenvalue weighted by atomic mass is 10.1. The number of nitrogens with one attached hydrogen (secondary N) is 1. The number of nitrogens with zero attached hydrogens (tertiary/aromatic N) is 2. The molecule has 2 heterocycles. The fraction of sp³-hybridized carbons (Fsp3) is 0.273. The number of hydrogen-bond donors (Lipinski definition) is 1. The van der Waals surface area contributed by atoms with Crippen molar-refractivity contribution in [3.63, 3.8) is 0 Å². The highest BCUT2D eigenvalue weighted by Gasteiger charge is 2.12. The van der Waals surface area contributed by atoms with Crippen LogP contribution >= 0.6 is 0 Å². The maximum atomic E-state index is 12.4. The molecular formula is C22H23N3O3. The highest BCUT2D eigenvalue weighted by Crippen LogP contribution is 2.31. The molecule has 1 aliphatic rings. The molecule has 1 N–H and O–H groups in total. The van der Waals surface area contributed by atoms with Gasteiger partial charge in [-0.15, -0.1) is 0 Å². The van der Waals surface area contributed by atoms with Gasteiger partial charge in [-0.3, -0.25) is 4.79 Å². The van der Waals surface area contributed by atoms with Crippen LogP contribution < -0.4 is 14.8 Å². The lowest BCUT2D eigenvalue weighted by molar-refractivity contribution is -0.116. The SMILES string of the molecule is Cc1cc(C)n(-c2cccc(NC(=O)CCc3ccc4c(c3)OCCO4)c2)n1. The number of carbonyl (C=O) groups excluding carboxylic acids is 1. The van der Waals surface area contributed by atoms with Crippen molar-refractivity contribution in [2.24, 2.45) is 0 Å². The van der Waals surface area contributed by atoms with Gasteiger partial charge in [-0.2, -0.15) is 5.10 Å². The van der Waals surface area contributed by atoms with Crippen molar-refractivity contribution < 1.29 is 14.3 Å². The number of ether oxygens (including phenoxy) is 2. The molecule has 0 radical (unpaired) electrons. The Kier molecular flexibility index (Phi) is 5.02. The normalized spacial score (nSPS) is 12.6. The molecule has 1 amide bonds. The van der Waals surface area contributed by atoms with Crippen LogP contribution in [0.5, 0.6) is 11.5 Å². The monoisotopic (exact) mass is 377 g/mol. The van der Waals surface area contributed by atoms with E-state index in [4.69, 9.17) is 9.47 Å². The van der Waals surface area contributed by atoms with E-state index in [0.717, 1.165) is 39.8 Å². The summed E-state index contributed by atoms with van der Waals surface area (Å²) in [4.78, 5) is 12.4. The highest BCUT2D eigenvalue weighted by atomic mass is 16.6.